The van der Waals surface area contributed by atoms with Crippen LogP contribution >= 0.6 is 0 Å². The molecule has 1 aliphatic rings. The third-order valence-electron chi connectivity index (χ3n) is 4.51. The van der Waals surface area contributed by atoms with Gasteiger partial charge in [0.25, 0.3) is 5.91 Å². The molecule has 1 aromatic carbocycles. The van der Waals surface area contributed by atoms with Crippen molar-refractivity contribution < 1.29 is 23.9 Å². The number of amides is 1. The third-order valence-corrected chi connectivity index (χ3v) is 4.51. The van der Waals surface area contributed by atoms with Gasteiger partial charge >= 0.3 is 11.9 Å². The van der Waals surface area contributed by atoms with Gasteiger partial charge in [0.1, 0.15) is 11.6 Å². The van der Waals surface area contributed by atoms with Gasteiger partial charge < -0.3 is 25.4 Å². The smallest absolute Gasteiger partial charge is 0.339 e. The summed E-state index contributed by atoms with van der Waals surface area (Å²) in [4.78, 5) is 38.2. The number of hydrogen-bond donors (Lipinski definition) is 3. The molecule has 2 rings (SSSR count). The number of rotatable bonds is 8. The van der Waals surface area contributed by atoms with Gasteiger partial charge in [-0.3, -0.25) is 9.69 Å². The second-order valence-corrected chi connectivity index (χ2v) is 6.41. The first kappa shape index (κ1) is 22.9. The zero-order chi connectivity index (χ0) is 21.9. The second kappa shape index (κ2) is 11.5. The van der Waals surface area contributed by atoms with E-state index in [1.807, 2.05) is 6.07 Å². The molecule has 10 heteroatoms. The Hall–Kier alpha value is -3.42. The Balaban J connectivity index is 2.08. The van der Waals surface area contributed by atoms with E-state index < -0.39 is 17.8 Å². The maximum Gasteiger partial charge on any atom is 0.339 e. The average molecular weight is 415 g/mol. The van der Waals surface area contributed by atoms with Crippen molar-refractivity contribution in [2.75, 3.05) is 58.8 Å². The first-order valence-electron chi connectivity index (χ1n) is 9.39. The summed E-state index contributed by atoms with van der Waals surface area (Å²) >= 11 is 0. The highest BCUT2D eigenvalue weighted by atomic mass is 16.5. The fourth-order valence-corrected chi connectivity index (χ4v) is 2.85. The van der Waals surface area contributed by atoms with Crippen molar-refractivity contribution in [1.82, 2.24) is 15.5 Å². The van der Waals surface area contributed by atoms with Crippen molar-refractivity contribution in [3.63, 3.8) is 0 Å². The van der Waals surface area contributed by atoms with E-state index >= 15 is 0 Å². The van der Waals surface area contributed by atoms with Gasteiger partial charge in [0.2, 0.25) is 0 Å². The number of anilines is 1. The lowest BCUT2D eigenvalue weighted by molar-refractivity contribution is -0.117. The SMILES string of the molecule is COC(=O)c1ccc(C(=O)OC)c(N/C=C(/C#N)C(=O)NCCN2CCNCC2)c1. The Labute approximate surface area is 174 Å². The standard InChI is InChI=1S/C20H25N5O5/c1-29-19(27)14-3-4-16(20(28)30-2)17(11-14)24-13-15(12-21)18(26)23-7-10-25-8-5-22-6-9-25/h3-4,11,13,22,24H,5-10H2,1-2H3,(H,23,26)/b15-13-. The minimum atomic E-state index is -0.638. The van der Waals surface area contributed by atoms with Gasteiger partial charge in [0, 0.05) is 45.5 Å². The summed E-state index contributed by atoms with van der Waals surface area (Å²) in [6.07, 6.45) is 1.18. The predicted molar refractivity (Wildman–Crippen MR) is 109 cm³/mol. The first-order chi connectivity index (χ1) is 14.5. The van der Waals surface area contributed by atoms with E-state index in [4.69, 9.17) is 4.74 Å². The van der Waals surface area contributed by atoms with Crippen molar-refractivity contribution >= 4 is 23.5 Å². The number of hydrogen-bond acceptors (Lipinski definition) is 9. The van der Waals surface area contributed by atoms with Gasteiger partial charge in [-0.2, -0.15) is 5.26 Å². The van der Waals surface area contributed by atoms with Crippen molar-refractivity contribution in [3.8, 4) is 6.07 Å². The van der Waals surface area contributed by atoms with Crippen LogP contribution in [-0.4, -0.2) is 76.2 Å². The molecule has 0 bridgehead atoms. The topological polar surface area (TPSA) is 133 Å². The van der Waals surface area contributed by atoms with Gasteiger partial charge in [-0.1, -0.05) is 0 Å². The molecule has 0 atom stereocenters. The maximum atomic E-state index is 12.3. The highest BCUT2D eigenvalue weighted by molar-refractivity contribution is 6.00. The van der Waals surface area contributed by atoms with E-state index in [1.165, 1.54) is 38.6 Å². The summed E-state index contributed by atoms with van der Waals surface area (Å²) < 4.78 is 9.40. The third kappa shape index (κ3) is 6.30. The molecule has 0 aliphatic carbocycles. The molecule has 160 valence electrons. The summed E-state index contributed by atoms with van der Waals surface area (Å²) in [5.74, 6) is -1.77. The van der Waals surface area contributed by atoms with E-state index in [9.17, 15) is 19.6 Å². The minimum Gasteiger partial charge on any atom is -0.465 e. The van der Waals surface area contributed by atoms with Crippen LogP contribution in [-0.2, 0) is 14.3 Å². The monoisotopic (exact) mass is 415 g/mol. The van der Waals surface area contributed by atoms with Gasteiger partial charge in [-0.15, -0.1) is 0 Å². The number of carbonyl (C=O) groups is 3. The van der Waals surface area contributed by atoms with Crippen LogP contribution in [0.5, 0.6) is 0 Å². The van der Waals surface area contributed by atoms with E-state index in [1.54, 1.807) is 0 Å². The fourth-order valence-electron chi connectivity index (χ4n) is 2.85. The van der Waals surface area contributed by atoms with Crippen LogP contribution in [0.3, 0.4) is 0 Å². The molecule has 3 N–H and O–H groups in total. The maximum absolute atomic E-state index is 12.3. The van der Waals surface area contributed by atoms with Crippen LogP contribution in [0.25, 0.3) is 0 Å². The molecular formula is C20H25N5O5. The van der Waals surface area contributed by atoms with E-state index in [0.717, 1.165) is 26.2 Å². The van der Waals surface area contributed by atoms with E-state index in [2.05, 4.69) is 25.6 Å². The molecule has 0 saturated carbocycles. The largest absolute Gasteiger partial charge is 0.465 e. The van der Waals surface area contributed by atoms with Gasteiger partial charge in [0.05, 0.1) is 31.0 Å². The molecule has 1 saturated heterocycles. The molecule has 1 fully saturated rings. The van der Waals surface area contributed by atoms with Crippen LogP contribution < -0.4 is 16.0 Å². The number of ether oxygens (including phenoxy) is 2. The molecule has 10 nitrogen and oxygen atoms in total. The number of piperazine rings is 1. The van der Waals surface area contributed by atoms with E-state index in [-0.39, 0.29) is 22.4 Å². The number of nitriles is 1. The lowest BCUT2D eigenvalue weighted by Crippen LogP contribution is -2.46. The molecule has 0 unspecified atom stereocenters. The van der Waals surface area contributed by atoms with E-state index in [0.29, 0.717) is 13.1 Å². The van der Waals surface area contributed by atoms with Crippen LogP contribution in [0.1, 0.15) is 20.7 Å². The van der Waals surface area contributed by atoms with Gasteiger partial charge in [0.15, 0.2) is 0 Å². The molecule has 30 heavy (non-hydrogen) atoms. The number of nitrogens with zero attached hydrogens (tertiary/aromatic N) is 2. The number of nitrogens with one attached hydrogen (secondary N) is 3. The van der Waals surface area contributed by atoms with Crippen molar-refractivity contribution in [3.05, 3.63) is 41.1 Å². The Morgan fingerprint density at radius 3 is 2.53 bits per heavy atom. The fraction of sp³-hybridized carbons (Fsp3) is 0.400. The van der Waals surface area contributed by atoms with Gasteiger partial charge in [-0.05, 0) is 18.2 Å². The Morgan fingerprint density at radius 2 is 1.90 bits per heavy atom. The highest BCUT2D eigenvalue weighted by Crippen LogP contribution is 2.20. The van der Waals surface area contributed by atoms with Crippen LogP contribution in [0.4, 0.5) is 5.69 Å². The molecule has 1 heterocycles. The highest BCUT2D eigenvalue weighted by Gasteiger charge is 2.16. The molecule has 0 radical (unpaired) electrons. The quantitative estimate of drug-likeness (QED) is 0.307. The van der Waals surface area contributed by atoms with Crippen LogP contribution in [0, 0.1) is 11.3 Å². The normalized spacial score (nSPS) is 14.4. The molecule has 1 aromatic rings. The molecular weight excluding hydrogens is 390 g/mol. The van der Waals surface area contributed by atoms with Crippen molar-refractivity contribution in [2.45, 2.75) is 0 Å². The zero-order valence-electron chi connectivity index (χ0n) is 17.0. The summed E-state index contributed by atoms with van der Waals surface area (Å²) in [6.45, 7) is 4.73. The Morgan fingerprint density at radius 1 is 1.20 bits per heavy atom. The first-order valence-corrected chi connectivity index (χ1v) is 9.39. The molecule has 0 spiro atoms. The van der Waals surface area contributed by atoms with Gasteiger partial charge in [-0.25, -0.2) is 9.59 Å². The molecule has 1 amide bonds. The Bertz CT molecular complexity index is 856. The zero-order valence-corrected chi connectivity index (χ0v) is 17.0. The summed E-state index contributed by atoms with van der Waals surface area (Å²) in [5, 5.41) is 18.0. The van der Waals surface area contributed by atoms with Crippen LogP contribution in [0.15, 0.2) is 30.0 Å². The predicted octanol–water partition coefficient (Wildman–Crippen LogP) is 0.101. The number of carbonyl (C=O) groups excluding carboxylic acids is 3. The lowest BCUT2D eigenvalue weighted by atomic mass is 10.1. The minimum absolute atomic E-state index is 0.137. The van der Waals surface area contributed by atoms with Crippen LogP contribution in [0.2, 0.25) is 0 Å². The second-order valence-electron chi connectivity index (χ2n) is 6.41. The summed E-state index contributed by atoms with van der Waals surface area (Å²) in [6, 6.07) is 6.02. The molecule has 1 aliphatic heterocycles. The number of methoxy groups -OCH3 is 2. The molecule has 0 aromatic heterocycles. The lowest BCUT2D eigenvalue weighted by Gasteiger charge is -2.27. The Kier molecular flexibility index (Phi) is 8.80. The average Bonchev–Trinajstić information content (AvgIpc) is 2.79. The van der Waals surface area contributed by atoms with Crippen molar-refractivity contribution in [1.29, 1.82) is 5.26 Å². The number of esters is 2. The van der Waals surface area contributed by atoms with Crippen molar-refractivity contribution in [2.24, 2.45) is 0 Å². The number of benzene rings is 1. The summed E-state index contributed by atoms with van der Waals surface area (Å²) in [5.41, 5.74) is 0.360. The summed E-state index contributed by atoms with van der Waals surface area (Å²) in [7, 11) is 2.46.